The van der Waals surface area contributed by atoms with Crippen molar-refractivity contribution in [2.45, 2.75) is 25.9 Å². The number of nitrogens with one attached hydrogen (secondary N) is 2. The van der Waals surface area contributed by atoms with Gasteiger partial charge in [-0.05, 0) is 37.1 Å². The van der Waals surface area contributed by atoms with E-state index in [1.165, 1.54) is 0 Å². The third kappa shape index (κ3) is 4.50. The monoisotopic (exact) mass is 368 g/mol. The molecule has 2 aromatic rings. The summed E-state index contributed by atoms with van der Waals surface area (Å²) in [6.07, 6.45) is 4.34. The predicted molar refractivity (Wildman–Crippen MR) is 97.9 cm³/mol. The van der Waals surface area contributed by atoms with Crippen molar-refractivity contribution < 1.29 is 4.79 Å². The first-order valence-electron chi connectivity index (χ1n) is 7.91. The summed E-state index contributed by atoms with van der Waals surface area (Å²) in [7, 11) is 0. The number of nitrogens with zero attached hydrogens (tertiary/aromatic N) is 2. The quantitative estimate of drug-likeness (QED) is 0.871. The van der Waals surface area contributed by atoms with Gasteiger partial charge < -0.3 is 10.6 Å². The van der Waals surface area contributed by atoms with Crippen LogP contribution in [-0.2, 0) is 6.54 Å². The Labute approximate surface area is 153 Å². The smallest absolute Gasteiger partial charge is 0.254 e. The molecule has 2 unspecified atom stereocenters. The van der Waals surface area contributed by atoms with Crippen molar-refractivity contribution >= 4 is 29.9 Å². The second-order valence-corrected chi connectivity index (χ2v) is 6.48. The maximum absolute atomic E-state index is 12.4. The minimum absolute atomic E-state index is 0. The first kappa shape index (κ1) is 18.8. The van der Waals surface area contributed by atoms with Crippen LogP contribution >= 0.6 is 24.0 Å². The molecule has 0 spiro atoms. The Morgan fingerprint density at radius 3 is 3.00 bits per heavy atom. The van der Waals surface area contributed by atoms with Crippen LogP contribution in [0.5, 0.6) is 0 Å². The Hall–Kier alpha value is -1.56. The van der Waals surface area contributed by atoms with Gasteiger partial charge in [-0.1, -0.05) is 36.7 Å². The lowest BCUT2D eigenvalue weighted by atomic mass is 9.95. The summed E-state index contributed by atoms with van der Waals surface area (Å²) in [4.78, 5) is 12.4. The fourth-order valence-corrected chi connectivity index (χ4v) is 3.04. The van der Waals surface area contributed by atoms with E-state index in [0.717, 1.165) is 25.1 Å². The van der Waals surface area contributed by atoms with Crippen molar-refractivity contribution in [2.75, 3.05) is 13.1 Å². The van der Waals surface area contributed by atoms with Crippen LogP contribution < -0.4 is 10.6 Å². The van der Waals surface area contributed by atoms with Crippen molar-refractivity contribution in [1.82, 2.24) is 20.4 Å². The lowest BCUT2D eigenvalue weighted by Crippen LogP contribution is -2.48. The fourth-order valence-electron chi connectivity index (χ4n) is 2.85. The summed E-state index contributed by atoms with van der Waals surface area (Å²) in [6.45, 7) is 4.59. The molecular weight excluding hydrogens is 347 g/mol. The number of benzene rings is 1. The molecule has 0 radical (unpaired) electrons. The number of amides is 1. The van der Waals surface area contributed by atoms with E-state index < -0.39 is 0 Å². The first-order valence-corrected chi connectivity index (χ1v) is 8.28. The molecule has 2 heterocycles. The lowest BCUT2D eigenvalue weighted by molar-refractivity contribution is 0.0914. The van der Waals surface area contributed by atoms with E-state index in [2.05, 4.69) is 22.7 Å². The van der Waals surface area contributed by atoms with E-state index in [1.807, 2.05) is 24.3 Å². The summed E-state index contributed by atoms with van der Waals surface area (Å²) in [5.41, 5.74) is 1.57. The molecule has 24 heavy (non-hydrogen) atoms. The summed E-state index contributed by atoms with van der Waals surface area (Å²) < 4.78 is 1.74. The number of rotatable bonds is 4. The first-order chi connectivity index (χ1) is 11.1. The average Bonchev–Trinajstić information content (AvgIpc) is 3.01. The molecule has 0 aliphatic carbocycles. The molecule has 1 aliphatic heterocycles. The second-order valence-electron chi connectivity index (χ2n) is 6.07. The molecule has 2 atom stereocenters. The average molecular weight is 369 g/mol. The maximum Gasteiger partial charge on any atom is 0.254 e. The Morgan fingerprint density at radius 2 is 2.25 bits per heavy atom. The number of hydrogen-bond acceptors (Lipinski definition) is 3. The van der Waals surface area contributed by atoms with Crippen molar-refractivity contribution in [3.05, 3.63) is 52.8 Å². The fraction of sp³-hybridized carbons (Fsp3) is 0.412. The van der Waals surface area contributed by atoms with Gasteiger partial charge in [-0.15, -0.1) is 12.4 Å². The zero-order valence-electron chi connectivity index (χ0n) is 13.5. The molecule has 1 fully saturated rings. The number of piperidine rings is 1. The highest BCUT2D eigenvalue weighted by molar-refractivity contribution is 6.31. The van der Waals surface area contributed by atoms with E-state index in [9.17, 15) is 4.79 Å². The molecule has 1 aromatic heterocycles. The molecule has 5 nitrogen and oxygen atoms in total. The summed E-state index contributed by atoms with van der Waals surface area (Å²) in [5, 5.41) is 11.4. The Balaban J connectivity index is 0.00000208. The van der Waals surface area contributed by atoms with E-state index in [4.69, 9.17) is 11.6 Å². The molecule has 1 saturated heterocycles. The number of halogens is 2. The highest BCUT2D eigenvalue weighted by atomic mass is 35.5. The lowest BCUT2D eigenvalue weighted by Gasteiger charge is -2.30. The molecule has 7 heteroatoms. The van der Waals surface area contributed by atoms with Gasteiger partial charge in [0.15, 0.2) is 0 Å². The highest BCUT2D eigenvalue weighted by Crippen LogP contribution is 2.16. The normalized spacial score (nSPS) is 20.2. The van der Waals surface area contributed by atoms with Gasteiger partial charge in [0.05, 0.1) is 18.3 Å². The molecule has 2 N–H and O–H groups in total. The zero-order valence-corrected chi connectivity index (χ0v) is 15.1. The van der Waals surface area contributed by atoms with Gasteiger partial charge in [-0.3, -0.25) is 9.48 Å². The van der Waals surface area contributed by atoms with Crippen LogP contribution in [0.15, 0.2) is 36.7 Å². The van der Waals surface area contributed by atoms with Crippen molar-refractivity contribution in [3.63, 3.8) is 0 Å². The molecule has 1 amide bonds. The van der Waals surface area contributed by atoms with Crippen LogP contribution in [0.2, 0.25) is 5.02 Å². The van der Waals surface area contributed by atoms with Gasteiger partial charge in [-0.2, -0.15) is 5.10 Å². The maximum atomic E-state index is 12.4. The van der Waals surface area contributed by atoms with Crippen LogP contribution in [0, 0.1) is 5.92 Å². The Bertz CT molecular complexity index is 689. The zero-order chi connectivity index (χ0) is 16.2. The van der Waals surface area contributed by atoms with Gasteiger partial charge in [0.25, 0.3) is 5.91 Å². The Kier molecular flexibility index (Phi) is 6.66. The summed E-state index contributed by atoms with van der Waals surface area (Å²) >= 11 is 6.16. The van der Waals surface area contributed by atoms with Crippen molar-refractivity contribution in [3.8, 4) is 0 Å². The largest absolute Gasteiger partial charge is 0.349 e. The molecule has 0 saturated carbocycles. The third-order valence-corrected chi connectivity index (χ3v) is 4.66. The molecule has 0 bridgehead atoms. The topological polar surface area (TPSA) is 58.9 Å². The van der Waals surface area contributed by atoms with Gasteiger partial charge >= 0.3 is 0 Å². The van der Waals surface area contributed by atoms with Crippen LogP contribution in [0.4, 0.5) is 0 Å². The van der Waals surface area contributed by atoms with E-state index in [-0.39, 0.29) is 24.4 Å². The van der Waals surface area contributed by atoms with Crippen LogP contribution in [0.1, 0.15) is 29.3 Å². The highest BCUT2D eigenvalue weighted by Gasteiger charge is 2.23. The minimum Gasteiger partial charge on any atom is -0.349 e. The number of carbonyl (C=O) groups excluding carboxylic acids is 1. The van der Waals surface area contributed by atoms with E-state index in [1.54, 1.807) is 17.1 Å². The summed E-state index contributed by atoms with van der Waals surface area (Å²) in [5.74, 6) is 0.375. The molecule has 1 aromatic carbocycles. The van der Waals surface area contributed by atoms with Gasteiger partial charge in [0.2, 0.25) is 0 Å². The van der Waals surface area contributed by atoms with Crippen LogP contribution in [0.25, 0.3) is 0 Å². The third-order valence-electron chi connectivity index (χ3n) is 4.29. The number of aromatic nitrogens is 2. The van der Waals surface area contributed by atoms with E-state index in [0.29, 0.717) is 23.0 Å². The summed E-state index contributed by atoms with van der Waals surface area (Å²) in [6, 6.07) is 7.87. The number of hydrogen-bond donors (Lipinski definition) is 2. The van der Waals surface area contributed by atoms with Gasteiger partial charge in [0, 0.05) is 17.3 Å². The van der Waals surface area contributed by atoms with Crippen LogP contribution in [0.3, 0.4) is 0 Å². The number of carbonyl (C=O) groups is 1. The van der Waals surface area contributed by atoms with Gasteiger partial charge in [0.1, 0.15) is 0 Å². The standard InChI is InChI=1S/C17H21ClN4O.ClH/c1-12-8-19-7-6-16(12)21-17(23)14-9-20-22(11-14)10-13-4-2-3-5-15(13)18;/h2-5,9,11-12,16,19H,6-8,10H2,1H3,(H,21,23);1H. The predicted octanol–water partition coefficient (Wildman–Crippen LogP) is 2.73. The molecule has 3 rings (SSSR count). The van der Waals surface area contributed by atoms with Crippen molar-refractivity contribution in [2.24, 2.45) is 5.92 Å². The molecule has 1 aliphatic rings. The minimum atomic E-state index is -0.0610. The van der Waals surface area contributed by atoms with E-state index >= 15 is 0 Å². The van der Waals surface area contributed by atoms with Crippen LogP contribution in [-0.4, -0.2) is 34.8 Å². The molecule has 130 valence electrons. The SMILES string of the molecule is CC1CNCCC1NC(=O)c1cnn(Cc2ccccc2Cl)c1.Cl. The molecular formula is C17H22Cl2N4O. The van der Waals surface area contributed by atoms with Gasteiger partial charge in [-0.25, -0.2) is 0 Å². The Morgan fingerprint density at radius 1 is 1.46 bits per heavy atom. The van der Waals surface area contributed by atoms with Crippen molar-refractivity contribution in [1.29, 1.82) is 0 Å². The second kappa shape index (κ2) is 8.51.